The molecule has 0 saturated carbocycles. The van der Waals surface area contributed by atoms with Gasteiger partial charge >= 0.3 is 5.97 Å². The highest BCUT2D eigenvalue weighted by Gasteiger charge is 2.49. The summed E-state index contributed by atoms with van der Waals surface area (Å²) in [5.41, 5.74) is 6.04. The van der Waals surface area contributed by atoms with Gasteiger partial charge in [-0.1, -0.05) is 146 Å². The lowest BCUT2D eigenvalue weighted by molar-refractivity contribution is -0.137. The number of carbonyl (C=O) groups excluding carboxylic acids is 13. The number of fused-ring (bicyclic) bond motifs is 8. The van der Waals surface area contributed by atoms with Crippen molar-refractivity contribution < 1.29 is 81.7 Å². The fourth-order valence-electron chi connectivity index (χ4n) is 18.7. The Morgan fingerprint density at radius 1 is 0.455 bits per heavy atom. The molecule has 8 aliphatic heterocycles. The van der Waals surface area contributed by atoms with Gasteiger partial charge < -0.3 is 55.4 Å². The molecule has 12 amide bonds. The average molecular weight is 2070 g/mol. The number of aromatic carboxylic acids is 1. The molecule has 37 nitrogen and oxygen atoms in total. The molecule has 7 N–H and O–H groups in total. The van der Waals surface area contributed by atoms with Crippen LogP contribution >= 0.6 is 45.9 Å². The van der Waals surface area contributed by atoms with Crippen LogP contribution in [-0.4, -0.2) is 289 Å². The van der Waals surface area contributed by atoms with E-state index in [0.29, 0.717) is 92.8 Å². The normalized spacial score (nSPS) is 17.7. The van der Waals surface area contributed by atoms with Crippen LogP contribution in [-0.2, 0) is 38.4 Å². The van der Waals surface area contributed by atoms with Gasteiger partial charge in [0.15, 0.2) is 24.9 Å². The maximum absolute atomic E-state index is 13.8. The molecule has 4 fully saturated rings. The number of piperazine rings is 2. The number of nitrogens with zero attached hydrogens (tertiary/aromatic N) is 14. The summed E-state index contributed by atoms with van der Waals surface area (Å²) in [7, 11) is 4.29. The van der Waals surface area contributed by atoms with Crippen molar-refractivity contribution >= 4 is 140 Å². The molecule has 8 aromatic rings. The number of Topliss-reactive ketones (excluding diaryl/α,β-unsaturated/α-hetero) is 1. The molecule has 2 unspecified atom stereocenters. The van der Waals surface area contributed by atoms with E-state index in [0.717, 1.165) is 185 Å². The minimum atomic E-state index is -1.10. The number of carbonyl (C=O) groups is 14. The number of aromatic nitrogens is 6. The number of amides is 12. The molecule has 16 rings (SSSR count). The fraction of sp³-hybridized carbons (Fsp3) is 0.500. The number of thiophene rings is 2. The van der Waals surface area contributed by atoms with Crippen molar-refractivity contribution in [2.45, 2.75) is 221 Å². The summed E-state index contributed by atoms with van der Waals surface area (Å²) in [6.07, 6.45) is 16.9. The smallest absolute Gasteiger partial charge is 0.346 e. The number of piperidine rings is 2. The number of ketones is 1. The molecule has 4 aromatic carbocycles. The molecule has 0 spiro atoms. The summed E-state index contributed by atoms with van der Waals surface area (Å²) in [5.74, 6) is -4.21. The number of aryl methyl sites for hydroxylation is 2. The highest BCUT2D eigenvalue weighted by molar-refractivity contribution is 7.17. The summed E-state index contributed by atoms with van der Waals surface area (Å²) in [6, 6.07) is 20.5. The molecular weight excluding hydrogens is 1940 g/mol. The predicted molar refractivity (Wildman–Crippen MR) is 552 cm³/mol. The first kappa shape index (κ1) is 111. The summed E-state index contributed by atoms with van der Waals surface area (Å²) in [4.78, 5) is 200. The molecule has 4 aromatic heterocycles. The molecule has 4 saturated heterocycles. The van der Waals surface area contributed by atoms with Crippen LogP contribution in [0.1, 0.15) is 299 Å². The number of nitrogens with one attached hydrogen (secondary N) is 6. The lowest BCUT2D eigenvalue weighted by Crippen LogP contribution is -2.54. The molecule has 145 heavy (non-hydrogen) atoms. The third kappa shape index (κ3) is 27.6. The van der Waals surface area contributed by atoms with E-state index < -0.39 is 77.4 Å². The number of likely N-dealkylation sites (N-methyl/N-ethyl adjacent to an activating group) is 2. The van der Waals surface area contributed by atoms with Crippen LogP contribution in [0.4, 0.5) is 0 Å². The number of rotatable bonds is 42. The second kappa shape index (κ2) is 52.5. The third-order valence-electron chi connectivity index (χ3n) is 26.7. The second-order valence-corrected chi connectivity index (χ2v) is 40.0. The lowest BCUT2D eigenvalue weighted by Gasteiger charge is -2.32. The SMILES string of the molecule is C.C.CCCCCCCCCNC(=O)COc1cccc2c1C(=O)N(C1CCC(=O)NC1=O)C2=O.Cc1c(C(=O)NCCCCCCCCNC(=O)COc2cccc3c2C(=O)N(C2CCC(=O)NC2=O)C3=O)sc2c1C(c1ccc(Cl)cc1)=N[C@@H](CC(=O)NCCCN1CCN(C)CC1)c1nnc(C)n1-2.Cc1c(C(=O)O)sc2c1C(c1ccc(Cl)cc1)=N[C@H](CC(=O)CCCCN1CCN(C)CC1)c1nnc(C)n1-2. The van der Waals surface area contributed by atoms with Gasteiger partial charge in [-0.2, -0.15) is 0 Å². The van der Waals surface area contributed by atoms with Crippen LogP contribution in [0.15, 0.2) is 94.9 Å². The number of benzene rings is 4. The van der Waals surface area contributed by atoms with Crippen molar-refractivity contribution in [3.05, 3.63) is 184 Å². The quantitative estimate of drug-likeness (QED) is 0.0138. The van der Waals surface area contributed by atoms with Crippen LogP contribution in [0.2, 0.25) is 10.0 Å². The molecule has 4 atom stereocenters. The van der Waals surface area contributed by atoms with Gasteiger partial charge in [0, 0.05) is 137 Å². The number of carboxylic acids is 1. The molecule has 0 bridgehead atoms. The molecule has 0 radical (unpaired) electrons. The zero-order valence-electron chi connectivity index (χ0n) is 81.8. The van der Waals surface area contributed by atoms with E-state index in [2.05, 4.69) is 92.9 Å². The average Bonchev–Trinajstić information content (AvgIpc) is 1.59. The number of ether oxygens (including phenoxy) is 2. The van der Waals surface area contributed by atoms with E-state index in [1.165, 1.54) is 78.7 Å². The van der Waals surface area contributed by atoms with Gasteiger partial charge in [-0.3, -0.25) is 102 Å². The van der Waals surface area contributed by atoms with Gasteiger partial charge in [-0.25, -0.2) is 4.79 Å². The Balaban J connectivity index is 0.000000213. The fourth-order valence-corrected chi connectivity index (χ4v) is 21.5. The number of hydrogen-bond acceptors (Lipinski definition) is 28. The van der Waals surface area contributed by atoms with Crippen molar-refractivity contribution in [2.75, 3.05) is 119 Å². The van der Waals surface area contributed by atoms with Crippen molar-refractivity contribution in [3.63, 3.8) is 0 Å². The molecule has 8 aliphatic rings. The van der Waals surface area contributed by atoms with Crippen molar-refractivity contribution in [3.8, 4) is 21.5 Å². The standard InChI is InChI=1S/C50H60ClN11O8S.C28H33ClN6O3S.C24H31N3O6.2CH4/c1-30-41-43(32-14-16-33(51)17-15-32)55-35(28-39(64)52-22-11-23-60-26-24-59(3)25-27-60)45-58-57-31(2)61(45)50(41)71-44(30)47(67)54-21-9-7-5-4-6-8-20-53-40(65)29-70-37-13-10-12-34-42(37)49(69)62(48(34)68)36-18-19-38(63)56-46(36)66;1-17-23-24(19-7-9-20(29)10-8-19)30-22(16-21(36)6-4-5-11-34-14-12-33(3)13-15-34)26-32-31-18(2)35(26)27(23)39-25(17)28(37)38;1-2-3-4-5-6-7-8-14-25-20(29)15-33-18-11-9-10-16-21(18)24(32)27(23(16)31)17-12-13-19(28)26-22(17)30;;/h10,12-17,35-36H,4-9,11,18-29H2,1-3H3,(H,52,64)(H,53,65)(H,54,67)(H,56,63,66);7-10,22H,4-6,11-16H2,1-3H3,(H,37,38);9-11,17H,2-8,12-15H2,1H3,(H,25,29)(H,26,28,30);2*1H4/t35-,36?;22-;;;/m01.../s1. The Bertz CT molecular complexity index is 6130. The van der Waals surface area contributed by atoms with E-state index in [1.807, 2.05) is 54.2 Å². The highest BCUT2D eigenvalue weighted by atomic mass is 35.5. The van der Waals surface area contributed by atoms with E-state index in [9.17, 15) is 72.2 Å². The summed E-state index contributed by atoms with van der Waals surface area (Å²) < 4.78 is 15.1. The lowest BCUT2D eigenvalue weighted by atomic mass is 9.99. The van der Waals surface area contributed by atoms with E-state index in [1.54, 1.807) is 37.3 Å². The predicted octanol–water partition coefficient (Wildman–Crippen LogP) is 12.5. The topological polar surface area (TPSA) is 455 Å². The van der Waals surface area contributed by atoms with Crippen molar-refractivity contribution in [1.29, 1.82) is 0 Å². The number of unbranched alkanes of at least 4 members (excludes halogenated alkanes) is 12. The molecular formula is C104H132Cl2N20O17S2. The van der Waals surface area contributed by atoms with E-state index >= 15 is 0 Å². The first-order chi connectivity index (χ1) is 68.9. The second-order valence-electron chi connectivity index (χ2n) is 37.1. The van der Waals surface area contributed by atoms with Crippen LogP contribution in [0, 0.1) is 27.7 Å². The molecule has 41 heteroatoms. The first-order valence-corrected chi connectivity index (χ1v) is 51.7. The number of halogens is 2. The largest absolute Gasteiger partial charge is 0.483 e. The number of hydrogen-bond donors (Lipinski definition) is 7. The third-order valence-corrected chi connectivity index (χ3v) is 29.7. The summed E-state index contributed by atoms with van der Waals surface area (Å²) in [5, 5.41) is 46.4. The maximum atomic E-state index is 13.8. The Kier molecular flexibility index (Phi) is 40.3. The zero-order valence-corrected chi connectivity index (χ0v) is 84.9. The monoisotopic (exact) mass is 2070 g/mol. The molecule has 12 heterocycles. The molecule has 0 aliphatic carbocycles. The highest BCUT2D eigenvalue weighted by Crippen LogP contribution is 2.44. The number of aliphatic imine (C=N–C) groups is 2. The minimum Gasteiger partial charge on any atom is -0.483 e. The van der Waals surface area contributed by atoms with E-state index in [-0.39, 0.29) is 135 Å². The zero-order chi connectivity index (χ0) is 102. The Hall–Kier alpha value is -12.5. The Morgan fingerprint density at radius 2 is 0.855 bits per heavy atom. The first-order valence-electron chi connectivity index (χ1n) is 49.3. The van der Waals surface area contributed by atoms with Crippen molar-refractivity contribution in [1.82, 2.24) is 90.8 Å². The van der Waals surface area contributed by atoms with Crippen LogP contribution in [0.5, 0.6) is 11.5 Å². The van der Waals surface area contributed by atoms with Gasteiger partial charge in [-0.05, 0) is 166 Å². The number of imide groups is 4. The Labute approximate surface area is 862 Å². The van der Waals surface area contributed by atoms with Crippen molar-refractivity contribution in [2.24, 2.45) is 9.98 Å². The molecule has 776 valence electrons. The van der Waals surface area contributed by atoms with E-state index in [4.69, 9.17) is 42.7 Å². The minimum absolute atomic E-state index is 0. The van der Waals surface area contributed by atoms with Gasteiger partial charge in [0.05, 0.1) is 45.0 Å². The van der Waals surface area contributed by atoms with Gasteiger partial charge in [0.25, 0.3) is 41.4 Å². The number of carboxylic acid groups (broad SMARTS) is 1. The summed E-state index contributed by atoms with van der Waals surface area (Å²) in [6.45, 7) is 21.5. The summed E-state index contributed by atoms with van der Waals surface area (Å²) >= 11 is 15.0. The van der Waals surface area contributed by atoms with Gasteiger partial charge in [-0.15, -0.1) is 43.1 Å². The van der Waals surface area contributed by atoms with Crippen LogP contribution in [0.3, 0.4) is 0 Å². The van der Waals surface area contributed by atoms with Crippen LogP contribution < -0.4 is 41.4 Å². The van der Waals surface area contributed by atoms with Gasteiger partial charge in [0.1, 0.15) is 68.0 Å². The van der Waals surface area contributed by atoms with Crippen LogP contribution in [0.25, 0.3) is 10.0 Å². The van der Waals surface area contributed by atoms with Gasteiger partial charge in [0.2, 0.25) is 29.5 Å². The maximum Gasteiger partial charge on any atom is 0.346 e. The Morgan fingerprint density at radius 3 is 1.30 bits per heavy atom.